The molecule has 0 saturated heterocycles. The van der Waals surface area contributed by atoms with Crippen molar-refractivity contribution >= 4 is 0 Å². The summed E-state index contributed by atoms with van der Waals surface area (Å²) in [5.74, 6) is 0.749. The lowest BCUT2D eigenvalue weighted by atomic mass is 9.93. The van der Waals surface area contributed by atoms with Crippen LogP contribution in [0.15, 0.2) is 12.2 Å². The van der Waals surface area contributed by atoms with E-state index in [0.29, 0.717) is 5.41 Å². The van der Waals surface area contributed by atoms with Crippen molar-refractivity contribution in [3.63, 3.8) is 0 Å². The second-order valence-electron chi connectivity index (χ2n) is 4.49. The summed E-state index contributed by atoms with van der Waals surface area (Å²) in [6.45, 7) is 11.2. The lowest BCUT2D eigenvalue weighted by Gasteiger charge is -2.13. The standard InChI is InChI=1S/C11H22/c1-6-7-10(2)8-9-11(3,4)5/h8-10H,6-7H2,1-5H3. The first-order valence-electron chi connectivity index (χ1n) is 4.65. The van der Waals surface area contributed by atoms with E-state index in [0.717, 1.165) is 5.92 Å². The average molecular weight is 154 g/mol. The molecule has 0 aliphatic rings. The van der Waals surface area contributed by atoms with E-state index in [4.69, 9.17) is 0 Å². The van der Waals surface area contributed by atoms with Crippen LogP contribution in [-0.2, 0) is 0 Å². The summed E-state index contributed by atoms with van der Waals surface area (Å²) in [6, 6.07) is 0. The zero-order valence-electron chi connectivity index (χ0n) is 8.65. The molecule has 0 nitrogen and oxygen atoms in total. The molecule has 0 amide bonds. The molecule has 0 saturated carbocycles. The fourth-order valence-electron chi connectivity index (χ4n) is 1.00. The predicted molar refractivity (Wildman–Crippen MR) is 52.7 cm³/mol. The molecule has 0 heteroatoms. The minimum Gasteiger partial charge on any atom is -0.0852 e. The van der Waals surface area contributed by atoms with Gasteiger partial charge in [0, 0.05) is 0 Å². The van der Waals surface area contributed by atoms with E-state index in [9.17, 15) is 0 Å². The maximum Gasteiger partial charge on any atom is -0.0203 e. The van der Waals surface area contributed by atoms with Gasteiger partial charge in [-0.05, 0) is 17.8 Å². The Hall–Kier alpha value is -0.260. The van der Waals surface area contributed by atoms with Gasteiger partial charge in [-0.1, -0.05) is 53.2 Å². The lowest BCUT2D eigenvalue weighted by molar-refractivity contribution is 0.532. The van der Waals surface area contributed by atoms with E-state index < -0.39 is 0 Å². The zero-order chi connectivity index (χ0) is 8.91. The normalized spacial score (nSPS) is 15.7. The van der Waals surface area contributed by atoms with Crippen molar-refractivity contribution in [1.29, 1.82) is 0 Å². The van der Waals surface area contributed by atoms with Gasteiger partial charge in [-0.2, -0.15) is 0 Å². The molecule has 0 fully saturated rings. The van der Waals surface area contributed by atoms with E-state index in [-0.39, 0.29) is 0 Å². The highest BCUT2D eigenvalue weighted by Gasteiger charge is 2.04. The van der Waals surface area contributed by atoms with Gasteiger partial charge in [0.05, 0.1) is 0 Å². The molecular weight excluding hydrogens is 132 g/mol. The minimum absolute atomic E-state index is 0.349. The topological polar surface area (TPSA) is 0 Å². The van der Waals surface area contributed by atoms with Gasteiger partial charge in [0.25, 0.3) is 0 Å². The summed E-state index contributed by atoms with van der Waals surface area (Å²) >= 11 is 0. The SMILES string of the molecule is CCCC(C)C=CC(C)(C)C. The number of rotatable bonds is 3. The summed E-state index contributed by atoms with van der Waals surface area (Å²) < 4.78 is 0. The Kier molecular flexibility index (Phi) is 4.48. The van der Waals surface area contributed by atoms with E-state index in [1.54, 1.807) is 0 Å². The molecule has 0 bridgehead atoms. The molecule has 0 aromatic carbocycles. The van der Waals surface area contributed by atoms with Gasteiger partial charge in [0.15, 0.2) is 0 Å². The molecule has 66 valence electrons. The Labute approximate surface area is 71.7 Å². The van der Waals surface area contributed by atoms with Crippen LogP contribution in [0.1, 0.15) is 47.5 Å². The second-order valence-corrected chi connectivity index (χ2v) is 4.49. The molecule has 0 radical (unpaired) electrons. The van der Waals surface area contributed by atoms with E-state index in [1.165, 1.54) is 12.8 Å². The van der Waals surface area contributed by atoms with Crippen LogP contribution in [0.4, 0.5) is 0 Å². The highest BCUT2D eigenvalue weighted by Crippen LogP contribution is 2.17. The van der Waals surface area contributed by atoms with Crippen molar-refractivity contribution in [2.24, 2.45) is 11.3 Å². The predicted octanol–water partition coefficient (Wildman–Crippen LogP) is 4.02. The molecule has 0 heterocycles. The lowest BCUT2D eigenvalue weighted by Crippen LogP contribution is -2.00. The second kappa shape index (κ2) is 4.58. The molecule has 1 atom stereocenters. The summed E-state index contributed by atoms with van der Waals surface area (Å²) in [5, 5.41) is 0. The summed E-state index contributed by atoms with van der Waals surface area (Å²) in [4.78, 5) is 0. The first kappa shape index (κ1) is 10.7. The first-order valence-corrected chi connectivity index (χ1v) is 4.65. The molecule has 0 aliphatic heterocycles. The van der Waals surface area contributed by atoms with Gasteiger partial charge in [-0.15, -0.1) is 0 Å². The van der Waals surface area contributed by atoms with Gasteiger partial charge in [0.2, 0.25) is 0 Å². The third kappa shape index (κ3) is 7.64. The Balaban J connectivity index is 3.73. The first-order chi connectivity index (χ1) is 4.95. The monoisotopic (exact) mass is 154 g/mol. The zero-order valence-corrected chi connectivity index (χ0v) is 8.65. The van der Waals surface area contributed by atoms with Crippen molar-refractivity contribution in [2.45, 2.75) is 47.5 Å². The number of hydrogen-bond donors (Lipinski definition) is 0. The number of hydrogen-bond acceptors (Lipinski definition) is 0. The van der Waals surface area contributed by atoms with Gasteiger partial charge < -0.3 is 0 Å². The van der Waals surface area contributed by atoms with Gasteiger partial charge in [0.1, 0.15) is 0 Å². The van der Waals surface area contributed by atoms with Crippen molar-refractivity contribution in [3.8, 4) is 0 Å². The van der Waals surface area contributed by atoms with E-state index in [1.807, 2.05) is 0 Å². The van der Waals surface area contributed by atoms with Gasteiger partial charge in [-0.3, -0.25) is 0 Å². The smallest absolute Gasteiger partial charge is 0.0203 e. The van der Waals surface area contributed by atoms with Crippen LogP contribution in [0.25, 0.3) is 0 Å². The fourth-order valence-corrected chi connectivity index (χ4v) is 1.00. The summed E-state index contributed by atoms with van der Waals surface area (Å²) in [6.07, 6.45) is 7.25. The molecule has 11 heavy (non-hydrogen) atoms. The van der Waals surface area contributed by atoms with E-state index >= 15 is 0 Å². The molecule has 0 spiro atoms. The van der Waals surface area contributed by atoms with Crippen molar-refractivity contribution in [1.82, 2.24) is 0 Å². The molecule has 0 aliphatic carbocycles. The third-order valence-corrected chi connectivity index (χ3v) is 1.67. The Morgan fingerprint density at radius 1 is 1.27 bits per heavy atom. The highest BCUT2D eigenvalue weighted by molar-refractivity contribution is 4.94. The van der Waals surface area contributed by atoms with Crippen LogP contribution < -0.4 is 0 Å². The van der Waals surface area contributed by atoms with Gasteiger partial charge >= 0.3 is 0 Å². The molecule has 0 aromatic heterocycles. The molecule has 1 unspecified atom stereocenters. The molecule has 0 rings (SSSR count). The molecule has 0 N–H and O–H groups in total. The average Bonchev–Trinajstić information content (AvgIpc) is 1.83. The van der Waals surface area contributed by atoms with Crippen LogP contribution in [0.2, 0.25) is 0 Å². The van der Waals surface area contributed by atoms with Crippen molar-refractivity contribution in [3.05, 3.63) is 12.2 Å². The summed E-state index contributed by atoms with van der Waals surface area (Å²) in [5.41, 5.74) is 0.349. The maximum absolute atomic E-state index is 2.34. The third-order valence-electron chi connectivity index (χ3n) is 1.67. The molecule has 0 aromatic rings. The Morgan fingerprint density at radius 2 is 1.82 bits per heavy atom. The van der Waals surface area contributed by atoms with Crippen LogP contribution in [-0.4, -0.2) is 0 Å². The quantitative estimate of drug-likeness (QED) is 0.538. The highest BCUT2D eigenvalue weighted by atomic mass is 14.1. The maximum atomic E-state index is 2.34. The minimum atomic E-state index is 0.349. The largest absolute Gasteiger partial charge is 0.0852 e. The number of allylic oxidation sites excluding steroid dienone is 2. The fraction of sp³-hybridized carbons (Fsp3) is 0.818. The Morgan fingerprint density at radius 3 is 2.18 bits per heavy atom. The van der Waals surface area contributed by atoms with Crippen molar-refractivity contribution < 1.29 is 0 Å². The summed E-state index contributed by atoms with van der Waals surface area (Å²) in [7, 11) is 0. The Bertz CT molecular complexity index is 114. The van der Waals surface area contributed by atoms with E-state index in [2.05, 4.69) is 46.8 Å². The van der Waals surface area contributed by atoms with Gasteiger partial charge in [-0.25, -0.2) is 0 Å². The van der Waals surface area contributed by atoms with Crippen LogP contribution >= 0.6 is 0 Å². The van der Waals surface area contributed by atoms with Crippen LogP contribution in [0.5, 0.6) is 0 Å². The van der Waals surface area contributed by atoms with Crippen LogP contribution in [0.3, 0.4) is 0 Å². The molecular formula is C11H22. The van der Waals surface area contributed by atoms with Crippen LogP contribution in [0, 0.1) is 11.3 Å². The van der Waals surface area contributed by atoms with Crippen molar-refractivity contribution in [2.75, 3.05) is 0 Å².